The standard InChI is InChI=1S/C12H21N4O2/c1-4-18-8-6-14-9-12(2,3)16-7-5-15-11(16)10(13)17/h7,14H,4,6,8-9H2,1-3H3,(H2,13,17). The van der Waals surface area contributed by atoms with Gasteiger partial charge in [0.25, 0.3) is 5.91 Å². The number of primary amides is 1. The highest BCUT2D eigenvalue weighted by Crippen LogP contribution is 2.15. The van der Waals surface area contributed by atoms with Crippen molar-refractivity contribution in [2.75, 3.05) is 26.3 Å². The first kappa shape index (κ1) is 14.7. The van der Waals surface area contributed by atoms with Crippen LogP contribution in [0.5, 0.6) is 0 Å². The van der Waals surface area contributed by atoms with E-state index in [-0.39, 0.29) is 11.4 Å². The Hall–Kier alpha value is -1.40. The van der Waals surface area contributed by atoms with Gasteiger partial charge in [-0.2, -0.15) is 0 Å². The smallest absolute Gasteiger partial charge is 0.284 e. The van der Waals surface area contributed by atoms with E-state index in [9.17, 15) is 4.79 Å². The lowest BCUT2D eigenvalue weighted by Gasteiger charge is -2.28. The molecule has 0 bridgehead atoms. The van der Waals surface area contributed by atoms with Gasteiger partial charge in [0.2, 0.25) is 0 Å². The zero-order valence-corrected chi connectivity index (χ0v) is 11.2. The third-order valence-corrected chi connectivity index (χ3v) is 2.64. The van der Waals surface area contributed by atoms with Gasteiger partial charge in [-0.05, 0) is 20.8 Å². The molecule has 0 aliphatic heterocycles. The molecule has 1 aromatic heterocycles. The summed E-state index contributed by atoms with van der Waals surface area (Å²) >= 11 is 0. The summed E-state index contributed by atoms with van der Waals surface area (Å²) in [5.74, 6) is -0.315. The Labute approximate surface area is 108 Å². The van der Waals surface area contributed by atoms with Gasteiger partial charge in [0.05, 0.1) is 12.1 Å². The van der Waals surface area contributed by atoms with Crippen LogP contribution < -0.4 is 11.1 Å². The van der Waals surface area contributed by atoms with E-state index in [1.54, 1.807) is 10.8 Å². The van der Waals surface area contributed by atoms with E-state index in [1.807, 2.05) is 20.8 Å². The molecule has 0 saturated carbocycles. The number of carbonyl (C=O) groups is 1. The zero-order chi connectivity index (χ0) is 13.6. The second kappa shape index (κ2) is 6.51. The minimum absolute atomic E-state index is 0.228. The molecule has 1 heterocycles. The molecule has 0 spiro atoms. The average molecular weight is 253 g/mol. The van der Waals surface area contributed by atoms with Crippen molar-refractivity contribution >= 4 is 5.91 Å². The van der Waals surface area contributed by atoms with E-state index < -0.39 is 5.91 Å². The normalized spacial score (nSPS) is 11.7. The van der Waals surface area contributed by atoms with Crippen LogP contribution in [-0.2, 0) is 10.3 Å². The predicted molar refractivity (Wildman–Crippen MR) is 68.3 cm³/mol. The Morgan fingerprint density at radius 2 is 2.39 bits per heavy atom. The summed E-state index contributed by atoms with van der Waals surface area (Å²) in [6, 6.07) is 0. The Balaban J connectivity index is 2.57. The number of nitrogens with zero attached hydrogens (tertiary/aromatic N) is 2. The van der Waals surface area contributed by atoms with Gasteiger partial charge in [-0.1, -0.05) is 0 Å². The van der Waals surface area contributed by atoms with Gasteiger partial charge < -0.3 is 20.4 Å². The lowest BCUT2D eigenvalue weighted by molar-refractivity contribution is 0.0978. The molecule has 0 aliphatic rings. The molecule has 101 valence electrons. The van der Waals surface area contributed by atoms with Gasteiger partial charge in [0.15, 0.2) is 5.82 Å². The SMILES string of the molecule is CCOCCNCC(C)(C)n1c[c]nc1C(N)=O. The first-order valence-corrected chi connectivity index (χ1v) is 6.03. The number of rotatable bonds is 8. The van der Waals surface area contributed by atoms with E-state index in [4.69, 9.17) is 10.5 Å². The quantitative estimate of drug-likeness (QED) is 0.646. The molecule has 0 fully saturated rings. The molecule has 1 aromatic rings. The number of aromatic nitrogens is 2. The predicted octanol–water partition coefficient (Wildman–Crippen LogP) is 0.143. The van der Waals surface area contributed by atoms with Gasteiger partial charge in [0, 0.05) is 25.9 Å². The number of amides is 1. The minimum Gasteiger partial charge on any atom is -0.380 e. The molecular weight excluding hydrogens is 232 g/mol. The summed E-state index contributed by atoms with van der Waals surface area (Å²) in [5.41, 5.74) is 4.97. The van der Waals surface area contributed by atoms with Crippen LogP contribution in [0.1, 0.15) is 31.4 Å². The van der Waals surface area contributed by atoms with E-state index in [0.29, 0.717) is 19.8 Å². The first-order valence-electron chi connectivity index (χ1n) is 6.03. The Bertz CT molecular complexity index is 387. The molecule has 0 unspecified atom stereocenters. The summed E-state index contributed by atoms with van der Waals surface area (Å²) in [6.45, 7) is 8.81. The fourth-order valence-corrected chi connectivity index (χ4v) is 1.67. The summed E-state index contributed by atoms with van der Waals surface area (Å²) < 4.78 is 6.98. The third-order valence-electron chi connectivity index (χ3n) is 2.64. The first-order chi connectivity index (χ1) is 8.49. The molecule has 0 aliphatic carbocycles. The second-order valence-corrected chi connectivity index (χ2v) is 4.61. The molecule has 3 N–H and O–H groups in total. The van der Waals surface area contributed by atoms with Crippen molar-refractivity contribution in [2.45, 2.75) is 26.3 Å². The molecule has 0 saturated heterocycles. The van der Waals surface area contributed by atoms with E-state index in [2.05, 4.69) is 16.5 Å². The zero-order valence-electron chi connectivity index (χ0n) is 11.2. The van der Waals surface area contributed by atoms with E-state index >= 15 is 0 Å². The monoisotopic (exact) mass is 253 g/mol. The molecule has 0 atom stereocenters. The number of nitrogens with two attached hydrogens (primary N) is 1. The van der Waals surface area contributed by atoms with Crippen LogP contribution in [0.2, 0.25) is 0 Å². The topological polar surface area (TPSA) is 82.2 Å². The summed E-state index contributed by atoms with van der Waals surface area (Å²) in [5, 5.41) is 3.28. The lowest BCUT2D eigenvalue weighted by atomic mass is 10.1. The maximum Gasteiger partial charge on any atom is 0.284 e. The van der Waals surface area contributed by atoms with Crippen molar-refractivity contribution in [2.24, 2.45) is 5.73 Å². The molecule has 6 nitrogen and oxygen atoms in total. The molecule has 1 rings (SSSR count). The minimum atomic E-state index is -0.543. The molecule has 1 amide bonds. The summed E-state index contributed by atoms with van der Waals surface area (Å²) in [7, 11) is 0. The van der Waals surface area contributed by atoms with Gasteiger partial charge in [0.1, 0.15) is 6.20 Å². The molecule has 0 aromatic carbocycles. The van der Waals surface area contributed by atoms with Crippen LogP contribution in [0.3, 0.4) is 0 Å². The van der Waals surface area contributed by atoms with Crippen LogP contribution in [0.4, 0.5) is 0 Å². The number of imidazole rings is 1. The number of hydrogen-bond acceptors (Lipinski definition) is 4. The van der Waals surface area contributed by atoms with Gasteiger partial charge in [-0.15, -0.1) is 0 Å². The van der Waals surface area contributed by atoms with Crippen LogP contribution in [0, 0.1) is 6.20 Å². The largest absolute Gasteiger partial charge is 0.380 e. The fraction of sp³-hybridized carbons (Fsp3) is 0.667. The van der Waals surface area contributed by atoms with Crippen molar-refractivity contribution in [3.63, 3.8) is 0 Å². The Morgan fingerprint density at radius 3 is 3.00 bits per heavy atom. The van der Waals surface area contributed by atoms with Gasteiger partial charge in [-0.25, -0.2) is 4.98 Å². The maximum absolute atomic E-state index is 11.2. The van der Waals surface area contributed by atoms with Crippen molar-refractivity contribution < 1.29 is 9.53 Å². The van der Waals surface area contributed by atoms with Gasteiger partial charge >= 0.3 is 0 Å². The highest BCUT2D eigenvalue weighted by Gasteiger charge is 2.24. The van der Waals surface area contributed by atoms with Crippen molar-refractivity contribution in [3.05, 3.63) is 18.2 Å². The molecular formula is C12H21N4O2. The number of ether oxygens (including phenoxy) is 1. The lowest BCUT2D eigenvalue weighted by Crippen LogP contribution is -2.41. The number of hydrogen-bond donors (Lipinski definition) is 2. The molecule has 6 heteroatoms. The molecule has 1 radical (unpaired) electrons. The van der Waals surface area contributed by atoms with Crippen molar-refractivity contribution in [1.82, 2.24) is 14.9 Å². The van der Waals surface area contributed by atoms with E-state index in [1.165, 1.54) is 0 Å². The Morgan fingerprint density at radius 1 is 1.67 bits per heavy atom. The summed E-state index contributed by atoms with van der Waals surface area (Å²) in [4.78, 5) is 15.1. The van der Waals surface area contributed by atoms with Gasteiger partial charge in [-0.3, -0.25) is 4.79 Å². The molecule has 18 heavy (non-hydrogen) atoms. The number of nitrogens with one attached hydrogen (secondary N) is 1. The van der Waals surface area contributed by atoms with Crippen LogP contribution >= 0.6 is 0 Å². The highest BCUT2D eigenvalue weighted by molar-refractivity contribution is 5.89. The maximum atomic E-state index is 11.2. The Kier molecular flexibility index (Phi) is 5.30. The fourth-order valence-electron chi connectivity index (χ4n) is 1.67. The summed E-state index contributed by atoms with van der Waals surface area (Å²) in [6.07, 6.45) is 4.30. The van der Waals surface area contributed by atoms with Crippen molar-refractivity contribution in [1.29, 1.82) is 0 Å². The second-order valence-electron chi connectivity index (χ2n) is 4.61. The number of carbonyl (C=O) groups excluding carboxylic acids is 1. The van der Waals surface area contributed by atoms with Crippen LogP contribution in [0.15, 0.2) is 6.20 Å². The van der Waals surface area contributed by atoms with Crippen LogP contribution in [0.25, 0.3) is 0 Å². The van der Waals surface area contributed by atoms with Crippen molar-refractivity contribution in [3.8, 4) is 0 Å². The third kappa shape index (κ3) is 3.82. The van der Waals surface area contributed by atoms with E-state index in [0.717, 1.165) is 6.54 Å². The van der Waals surface area contributed by atoms with Crippen LogP contribution in [-0.4, -0.2) is 41.8 Å². The average Bonchev–Trinajstić information content (AvgIpc) is 2.78. The highest BCUT2D eigenvalue weighted by atomic mass is 16.5.